The zero-order valence-electron chi connectivity index (χ0n) is 19.9. The Hall–Kier alpha value is -3.33. The van der Waals surface area contributed by atoms with Crippen LogP contribution in [0.1, 0.15) is 38.8 Å². The van der Waals surface area contributed by atoms with Gasteiger partial charge in [0.15, 0.2) is 5.78 Å². The molecule has 0 bridgehead atoms. The fourth-order valence-corrected chi connectivity index (χ4v) is 5.45. The van der Waals surface area contributed by atoms with E-state index in [9.17, 15) is 18.0 Å². The highest BCUT2D eigenvalue weighted by Gasteiger charge is 2.28. The maximum Gasteiger partial charge on any atom is 0.255 e. The highest BCUT2D eigenvalue weighted by molar-refractivity contribution is 7.89. The Kier molecular flexibility index (Phi) is 7.45. The van der Waals surface area contributed by atoms with E-state index in [1.54, 1.807) is 52.8 Å². The molecule has 3 aromatic rings. The number of anilines is 1. The number of aryl methyl sites for hydroxylation is 1. The predicted molar refractivity (Wildman–Crippen MR) is 136 cm³/mol. The summed E-state index contributed by atoms with van der Waals surface area (Å²) in [5, 5.41) is 2.83. The fourth-order valence-electron chi connectivity index (χ4n) is 4.03. The predicted octanol–water partition coefficient (Wildman–Crippen LogP) is 3.96. The Morgan fingerprint density at radius 1 is 0.857 bits per heavy atom. The summed E-state index contributed by atoms with van der Waals surface area (Å²) in [4.78, 5) is 26.7. The molecular formula is C27H29N3O4S. The number of hydrogen-bond acceptors (Lipinski definition) is 5. The summed E-state index contributed by atoms with van der Waals surface area (Å²) >= 11 is 0. The average molecular weight is 492 g/mol. The van der Waals surface area contributed by atoms with Gasteiger partial charge in [0.1, 0.15) is 0 Å². The maximum atomic E-state index is 12.9. The number of benzene rings is 3. The lowest BCUT2D eigenvalue weighted by Gasteiger charge is -2.34. The second-order valence-corrected chi connectivity index (χ2v) is 10.7. The largest absolute Gasteiger partial charge is 0.322 e. The lowest BCUT2D eigenvalue weighted by Crippen LogP contribution is -2.48. The normalized spacial score (nSPS) is 15.0. The zero-order valence-corrected chi connectivity index (χ0v) is 20.7. The molecule has 1 amide bonds. The van der Waals surface area contributed by atoms with Crippen molar-refractivity contribution in [3.8, 4) is 0 Å². The van der Waals surface area contributed by atoms with Crippen LogP contribution in [0.2, 0.25) is 0 Å². The number of carbonyl (C=O) groups is 2. The van der Waals surface area contributed by atoms with Gasteiger partial charge in [-0.2, -0.15) is 4.31 Å². The molecule has 0 saturated carbocycles. The Labute approximate surface area is 206 Å². The van der Waals surface area contributed by atoms with Gasteiger partial charge in [0.05, 0.1) is 4.90 Å². The molecule has 1 saturated heterocycles. The first-order chi connectivity index (χ1) is 16.7. The van der Waals surface area contributed by atoms with E-state index in [0.717, 1.165) is 11.1 Å². The van der Waals surface area contributed by atoms with Crippen molar-refractivity contribution in [3.63, 3.8) is 0 Å². The van der Waals surface area contributed by atoms with Gasteiger partial charge in [0.25, 0.3) is 5.91 Å². The standard InChI is InChI=1S/C27H29N3O4S/c1-20-6-12-26(13-7-20)35(33,34)30-16-14-29(15-17-30)19-22-8-10-23(11-9-22)27(32)28-25-5-3-4-24(18-25)21(2)31/h3-13,18H,14-17,19H2,1-2H3,(H,28,32). The number of hydrogen-bond donors (Lipinski definition) is 1. The first-order valence-corrected chi connectivity index (χ1v) is 13.0. The molecule has 0 spiro atoms. The Morgan fingerprint density at radius 3 is 2.14 bits per heavy atom. The smallest absolute Gasteiger partial charge is 0.255 e. The Balaban J connectivity index is 1.31. The van der Waals surface area contributed by atoms with E-state index in [0.29, 0.717) is 54.4 Å². The van der Waals surface area contributed by atoms with Gasteiger partial charge in [-0.05, 0) is 55.8 Å². The number of nitrogens with zero attached hydrogens (tertiary/aromatic N) is 2. The van der Waals surface area contributed by atoms with Gasteiger partial charge in [-0.25, -0.2) is 8.42 Å². The highest BCUT2D eigenvalue weighted by atomic mass is 32.2. The SMILES string of the molecule is CC(=O)c1cccc(NC(=O)c2ccc(CN3CCN(S(=O)(=O)c4ccc(C)cc4)CC3)cc2)c1. The number of piperazine rings is 1. The number of rotatable bonds is 7. The molecular weight excluding hydrogens is 462 g/mol. The van der Waals surface area contributed by atoms with E-state index in [2.05, 4.69) is 10.2 Å². The van der Waals surface area contributed by atoms with Crippen LogP contribution in [-0.4, -0.2) is 55.5 Å². The molecule has 0 unspecified atom stereocenters. The number of amides is 1. The van der Waals surface area contributed by atoms with Gasteiger partial charge in [-0.3, -0.25) is 14.5 Å². The summed E-state index contributed by atoms with van der Waals surface area (Å²) in [6.45, 7) is 6.26. The lowest BCUT2D eigenvalue weighted by atomic mass is 10.1. The summed E-state index contributed by atoms with van der Waals surface area (Å²) in [7, 11) is -3.48. The van der Waals surface area contributed by atoms with E-state index in [1.165, 1.54) is 6.92 Å². The molecule has 1 N–H and O–H groups in total. The van der Waals surface area contributed by atoms with Gasteiger partial charge < -0.3 is 5.32 Å². The van der Waals surface area contributed by atoms with Crippen LogP contribution in [0.5, 0.6) is 0 Å². The van der Waals surface area contributed by atoms with Crippen LogP contribution in [0.3, 0.4) is 0 Å². The van der Waals surface area contributed by atoms with Crippen molar-refractivity contribution in [1.82, 2.24) is 9.21 Å². The first-order valence-electron chi connectivity index (χ1n) is 11.5. The minimum atomic E-state index is -3.48. The van der Waals surface area contributed by atoms with E-state index in [-0.39, 0.29) is 11.7 Å². The van der Waals surface area contributed by atoms with Crippen molar-refractivity contribution in [2.75, 3.05) is 31.5 Å². The van der Waals surface area contributed by atoms with Crippen LogP contribution < -0.4 is 5.32 Å². The summed E-state index contributed by atoms with van der Waals surface area (Å²) in [6.07, 6.45) is 0. The minimum absolute atomic E-state index is 0.0564. The number of sulfonamides is 1. The maximum absolute atomic E-state index is 12.9. The molecule has 4 rings (SSSR count). The molecule has 0 atom stereocenters. The van der Waals surface area contributed by atoms with Gasteiger partial charge in [-0.1, -0.05) is 42.0 Å². The van der Waals surface area contributed by atoms with Crippen LogP contribution in [-0.2, 0) is 16.6 Å². The molecule has 1 aliphatic rings. The highest BCUT2D eigenvalue weighted by Crippen LogP contribution is 2.19. The Bertz CT molecular complexity index is 1310. The lowest BCUT2D eigenvalue weighted by molar-refractivity contribution is 0.101. The van der Waals surface area contributed by atoms with Crippen LogP contribution in [0.25, 0.3) is 0 Å². The van der Waals surface area contributed by atoms with Crippen molar-refractivity contribution < 1.29 is 18.0 Å². The Morgan fingerprint density at radius 2 is 1.51 bits per heavy atom. The summed E-state index contributed by atoms with van der Waals surface area (Å²) < 4.78 is 27.3. The third kappa shape index (κ3) is 6.03. The quantitative estimate of drug-likeness (QED) is 0.506. The molecule has 1 fully saturated rings. The molecule has 1 heterocycles. The number of carbonyl (C=O) groups excluding carboxylic acids is 2. The summed E-state index contributed by atoms with van der Waals surface area (Å²) in [6, 6.07) is 21.2. The third-order valence-electron chi connectivity index (χ3n) is 6.14. The van der Waals surface area contributed by atoms with Crippen molar-refractivity contribution in [2.45, 2.75) is 25.3 Å². The molecule has 0 aromatic heterocycles. The molecule has 1 aliphatic heterocycles. The second-order valence-electron chi connectivity index (χ2n) is 8.78. The molecule has 0 aliphatic carbocycles. The average Bonchev–Trinajstić information content (AvgIpc) is 2.85. The minimum Gasteiger partial charge on any atom is -0.322 e. The fraction of sp³-hybridized carbons (Fsp3) is 0.259. The van der Waals surface area contributed by atoms with Crippen molar-refractivity contribution in [3.05, 3.63) is 95.1 Å². The van der Waals surface area contributed by atoms with E-state index in [1.807, 2.05) is 31.2 Å². The van der Waals surface area contributed by atoms with Crippen molar-refractivity contribution >= 4 is 27.4 Å². The molecule has 35 heavy (non-hydrogen) atoms. The molecule has 0 radical (unpaired) electrons. The molecule has 7 nitrogen and oxygen atoms in total. The summed E-state index contributed by atoms with van der Waals surface area (Å²) in [5.41, 5.74) is 3.72. The first kappa shape index (κ1) is 24.8. The molecule has 8 heteroatoms. The molecule has 3 aromatic carbocycles. The van der Waals surface area contributed by atoms with Crippen molar-refractivity contribution in [1.29, 1.82) is 0 Å². The number of ketones is 1. The van der Waals surface area contributed by atoms with Gasteiger partial charge in [0, 0.05) is 49.5 Å². The number of Topliss-reactive ketones (excluding diaryl/α,β-unsaturated/α-hetero) is 1. The third-order valence-corrected chi connectivity index (χ3v) is 8.05. The van der Waals surface area contributed by atoms with Crippen molar-refractivity contribution in [2.24, 2.45) is 0 Å². The topological polar surface area (TPSA) is 86.8 Å². The monoisotopic (exact) mass is 491 g/mol. The number of nitrogens with one attached hydrogen (secondary N) is 1. The van der Waals surface area contributed by atoms with E-state index < -0.39 is 10.0 Å². The van der Waals surface area contributed by atoms with Crippen LogP contribution in [0.4, 0.5) is 5.69 Å². The second kappa shape index (κ2) is 10.5. The van der Waals surface area contributed by atoms with Crippen LogP contribution in [0, 0.1) is 6.92 Å². The van der Waals surface area contributed by atoms with Gasteiger partial charge in [0.2, 0.25) is 10.0 Å². The molecule has 182 valence electrons. The van der Waals surface area contributed by atoms with Gasteiger partial charge in [-0.15, -0.1) is 0 Å². The van der Waals surface area contributed by atoms with Gasteiger partial charge >= 0.3 is 0 Å². The van der Waals surface area contributed by atoms with Crippen LogP contribution in [0.15, 0.2) is 77.7 Å². The van der Waals surface area contributed by atoms with E-state index >= 15 is 0 Å². The summed E-state index contributed by atoms with van der Waals surface area (Å²) in [5.74, 6) is -0.300. The zero-order chi connectivity index (χ0) is 25.0. The van der Waals surface area contributed by atoms with E-state index in [4.69, 9.17) is 0 Å². The van der Waals surface area contributed by atoms with Crippen LogP contribution >= 0.6 is 0 Å².